The van der Waals surface area contributed by atoms with Crippen LogP contribution in [-0.2, 0) is 6.54 Å². The van der Waals surface area contributed by atoms with Gasteiger partial charge in [-0.25, -0.2) is 0 Å². The van der Waals surface area contributed by atoms with Gasteiger partial charge in [0, 0.05) is 38.3 Å². The first-order valence-electron chi connectivity index (χ1n) is 8.58. The largest absolute Gasteiger partial charge is 0.508 e. The zero-order chi connectivity index (χ0) is 17.8. The van der Waals surface area contributed by atoms with E-state index in [4.69, 9.17) is 5.73 Å². The molecular weight excluding hydrogens is 425 g/mol. The summed E-state index contributed by atoms with van der Waals surface area (Å²) in [7, 11) is 0. The molecule has 1 aliphatic heterocycles. The predicted molar refractivity (Wildman–Crippen MR) is 113 cm³/mol. The normalized spacial score (nSPS) is 15.1. The van der Waals surface area contributed by atoms with E-state index in [-0.39, 0.29) is 0 Å². The second-order valence-electron chi connectivity index (χ2n) is 6.52. The lowest BCUT2D eigenvalue weighted by atomic mass is 10.1. The molecule has 0 unspecified atom stereocenters. The van der Waals surface area contributed by atoms with Gasteiger partial charge < -0.3 is 16.2 Å². The van der Waals surface area contributed by atoms with Gasteiger partial charge in [-0.05, 0) is 84.9 Å². The Morgan fingerprint density at radius 2 is 1.92 bits per heavy atom. The number of phenolic OH excluding ortho intramolecular Hbond substituents is 1. The molecule has 0 bridgehead atoms. The first-order valence-corrected chi connectivity index (χ1v) is 9.66. The number of nitrogen functional groups attached to an aromatic ring is 1. The van der Waals surface area contributed by atoms with Crippen molar-refractivity contribution in [1.82, 2.24) is 4.90 Å². The van der Waals surface area contributed by atoms with Crippen LogP contribution in [-0.4, -0.2) is 23.1 Å². The molecule has 0 spiro atoms. The Bertz CT molecular complexity index is 770. The zero-order valence-corrected chi connectivity index (χ0v) is 16.4. The molecule has 1 heterocycles. The Hall–Kier alpha value is -1.73. The molecule has 0 radical (unpaired) electrons. The van der Waals surface area contributed by atoms with Crippen LogP contribution in [0.4, 0.5) is 11.4 Å². The highest BCUT2D eigenvalue weighted by Crippen LogP contribution is 2.28. The average Bonchev–Trinajstić information content (AvgIpc) is 2.58. The number of halogens is 1. The van der Waals surface area contributed by atoms with E-state index in [9.17, 15) is 5.11 Å². The molecule has 0 atom stereocenters. The van der Waals surface area contributed by atoms with Crippen LogP contribution in [0, 0.1) is 3.57 Å². The molecule has 132 valence electrons. The Morgan fingerprint density at radius 1 is 1.16 bits per heavy atom. The van der Waals surface area contributed by atoms with E-state index in [2.05, 4.69) is 39.4 Å². The Labute approximate surface area is 162 Å². The minimum absolute atomic E-state index is 0.343. The molecule has 1 aliphatic rings. The maximum Gasteiger partial charge on any atom is 0.120 e. The standard InChI is InChI=1S/C20H24IN3O/c1-14(18-7-5-16(21)12-19(18)22)23-17-6-8-20(25)15(11-17)13-24-9-3-2-4-10-24/h5-8,11-12,23,25H,1-4,9-10,13,22H2. The molecule has 0 amide bonds. The number of nitrogens with two attached hydrogens (primary N) is 1. The number of piperidine rings is 1. The quantitative estimate of drug-likeness (QED) is 0.354. The second kappa shape index (κ2) is 8.10. The van der Waals surface area contributed by atoms with Crippen molar-refractivity contribution in [1.29, 1.82) is 0 Å². The molecule has 0 aromatic heterocycles. The highest BCUT2D eigenvalue weighted by Gasteiger charge is 2.13. The number of nitrogens with one attached hydrogen (secondary N) is 1. The summed E-state index contributed by atoms with van der Waals surface area (Å²) in [6.07, 6.45) is 3.78. The molecule has 5 heteroatoms. The molecule has 3 rings (SSSR count). The fourth-order valence-corrected chi connectivity index (χ4v) is 3.71. The number of benzene rings is 2. The third kappa shape index (κ3) is 4.67. The van der Waals surface area contributed by atoms with Crippen molar-refractivity contribution in [2.75, 3.05) is 24.1 Å². The molecule has 25 heavy (non-hydrogen) atoms. The minimum Gasteiger partial charge on any atom is -0.508 e. The van der Waals surface area contributed by atoms with E-state index >= 15 is 0 Å². The summed E-state index contributed by atoms with van der Waals surface area (Å²) >= 11 is 2.24. The van der Waals surface area contributed by atoms with Crippen molar-refractivity contribution in [3.05, 3.63) is 57.7 Å². The summed E-state index contributed by atoms with van der Waals surface area (Å²) in [6.45, 7) is 7.09. The van der Waals surface area contributed by atoms with Crippen LogP contribution in [0.15, 0.2) is 43.0 Å². The van der Waals surface area contributed by atoms with Crippen molar-refractivity contribution < 1.29 is 5.11 Å². The topological polar surface area (TPSA) is 61.5 Å². The summed E-state index contributed by atoms with van der Waals surface area (Å²) in [5, 5.41) is 13.5. The number of hydrogen-bond donors (Lipinski definition) is 3. The average molecular weight is 449 g/mol. The fraction of sp³-hybridized carbons (Fsp3) is 0.300. The van der Waals surface area contributed by atoms with Gasteiger partial charge in [-0.2, -0.15) is 0 Å². The summed E-state index contributed by atoms with van der Waals surface area (Å²) < 4.78 is 1.10. The van der Waals surface area contributed by atoms with E-state index in [1.165, 1.54) is 19.3 Å². The number of likely N-dealkylation sites (tertiary alicyclic amines) is 1. The first kappa shape index (κ1) is 18.1. The van der Waals surface area contributed by atoms with Crippen LogP contribution in [0.3, 0.4) is 0 Å². The van der Waals surface area contributed by atoms with Crippen molar-refractivity contribution in [2.24, 2.45) is 0 Å². The van der Waals surface area contributed by atoms with E-state index in [0.29, 0.717) is 11.4 Å². The van der Waals surface area contributed by atoms with Crippen LogP contribution in [0.1, 0.15) is 30.4 Å². The van der Waals surface area contributed by atoms with Gasteiger partial charge in [0.15, 0.2) is 0 Å². The SMILES string of the molecule is C=C(Nc1ccc(O)c(CN2CCCCC2)c1)c1ccc(I)cc1N. The molecule has 2 aromatic carbocycles. The van der Waals surface area contributed by atoms with Crippen LogP contribution >= 0.6 is 22.6 Å². The lowest BCUT2D eigenvalue weighted by Crippen LogP contribution is -2.29. The number of rotatable bonds is 5. The van der Waals surface area contributed by atoms with Gasteiger partial charge in [-0.3, -0.25) is 4.90 Å². The molecule has 1 saturated heterocycles. The predicted octanol–water partition coefficient (Wildman–Crippen LogP) is 4.65. The first-order chi connectivity index (χ1) is 12.0. The van der Waals surface area contributed by atoms with Gasteiger partial charge in [-0.15, -0.1) is 0 Å². The van der Waals surface area contributed by atoms with Gasteiger partial charge in [0.2, 0.25) is 0 Å². The molecule has 4 nitrogen and oxygen atoms in total. The van der Waals surface area contributed by atoms with Gasteiger partial charge >= 0.3 is 0 Å². The number of anilines is 2. The molecule has 2 aromatic rings. The molecular formula is C20H24IN3O. The Kier molecular flexibility index (Phi) is 5.86. The van der Waals surface area contributed by atoms with Crippen LogP contribution in [0.5, 0.6) is 5.75 Å². The smallest absolute Gasteiger partial charge is 0.120 e. The Morgan fingerprint density at radius 3 is 2.64 bits per heavy atom. The summed E-state index contributed by atoms with van der Waals surface area (Å²) in [5.41, 5.74) is 10.3. The van der Waals surface area contributed by atoms with E-state index < -0.39 is 0 Å². The maximum atomic E-state index is 10.2. The van der Waals surface area contributed by atoms with E-state index in [0.717, 1.165) is 45.7 Å². The van der Waals surface area contributed by atoms with Gasteiger partial charge in [0.25, 0.3) is 0 Å². The number of phenols is 1. The monoisotopic (exact) mass is 449 g/mol. The van der Waals surface area contributed by atoms with Crippen molar-refractivity contribution >= 4 is 39.7 Å². The van der Waals surface area contributed by atoms with E-state index in [1.54, 1.807) is 6.07 Å². The lowest BCUT2D eigenvalue weighted by molar-refractivity contribution is 0.218. The summed E-state index contributed by atoms with van der Waals surface area (Å²) in [4.78, 5) is 2.40. The van der Waals surface area contributed by atoms with Crippen molar-refractivity contribution in [3.63, 3.8) is 0 Å². The fourth-order valence-electron chi connectivity index (χ4n) is 3.20. The van der Waals surface area contributed by atoms with Gasteiger partial charge in [0.05, 0.1) is 0 Å². The molecule has 0 saturated carbocycles. The Balaban J connectivity index is 1.73. The highest BCUT2D eigenvalue weighted by molar-refractivity contribution is 14.1. The molecule has 1 fully saturated rings. The van der Waals surface area contributed by atoms with Gasteiger partial charge in [-0.1, -0.05) is 13.0 Å². The van der Waals surface area contributed by atoms with E-state index in [1.807, 2.05) is 30.3 Å². The summed E-state index contributed by atoms with van der Waals surface area (Å²) in [5.74, 6) is 0.343. The van der Waals surface area contributed by atoms with Crippen LogP contribution in [0.25, 0.3) is 5.70 Å². The minimum atomic E-state index is 0.343. The maximum absolute atomic E-state index is 10.2. The molecule has 0 aliphatic carbocycles. The van der Waals surface area contributed by atoms with Crippen LogP contribution < -0.4 is 11.1 Å². The number of hydrogen-bond acceptors (Lipinski definition) is 4. The highest BCUT2D eigenvalue weighted by atomic mass is 127. The van der Waals surface area contributed by atoms with Gasteiger partial charge in [0.1, 0.15) is 5.75 Å². The third-order valence-corrected chi connectivity index (χ3v) is 5.23. The summed E-state index contributed by atoms with van der Waals surface area (Å²) in [6, 6.07) is 11.5. The van der Waals surface area contributed by atoms with Crippen molar-refractivity contribution in [3.8, 4) is 5.75 Å². The second-order valence-corrected chi connectivity index (χ2v) is 7.76. The van der Waals surface area contributed by atoms with Crippen LogP contribution in [0.2, 0.25) is 0 Å². The zero-order valence-electron chi connectivity index (χ0n) is 14.3. The number of nitrogens with zero attached hydrogens (tertiary/aromatic N) is 1. The number of aromatic hydroxyl groups is 1. The molecule has 4 N–H and O–H groups in total. The third-order valence-electron chi connectivity index (χ3n) is 4.56. The lowest BCUT2D eigenvalue weighted by Gasteiger charge is -2.27. The van der Waals surface area contributed by atoms with Crippen molar-refractivity contribution in [2.45, 2.75) is 25.8 Å².